The molecule has 0 aliphatic heterocycles. The molecule has 1 aromatic heterocycles. The Labute approximate surface area is 109 Å². The van der Waals surface area contributed by atoms with Gasteiger partial charge in [0.15, 0.2) is 0 Å². The molecule has 2 rings (SSSR count). The first-order chi connectivity index (χ1) is 8.81. The van der Waals surface area contributed by atoms with Gasteiger partial charge in [-0.05, 0) is 24.6 Å². The Morgan fingerprint density at radius 2 is 1.89 bits per heavy atom. The standard InChI is InChI=1S/C15H21N3/c1-3-13-4-6-14(7-5-13)10-18-11-15(17-12-18)8-9-16-2/h4-7,11-12,16H,3,8-10H2,1-2H3. The molecule has 0 saturated heterocycles. The number of rotatable bonds is 6. The first-order valence-electron chi connectivity index (χ1n) is 6.55. The van der Waals surface area contributed by atoms with E-state index >= 15 is 0 Å². The zero-order chi connectivity index (χ0) is 12.8. The number of imidazole rings is 1. The van der Waals surface area contributed by atoms with Gasteiger partial charge in [0.1, 0.15) is 0 Å². The summed E-state index contributed by atoms with van der Waals surface area (Å²) >= 11 is 0. The number of aryl methyl sites for hydroxylation is 1. The molecule has 3 heteroatoms. The lowest BCUT2D eigenvalue weighted by Crippen LogP contribution is -2.10. The van der Waals surface area contributed by atoms with Crippen molar-refractivity contribution < 1.29 is 0 Å². The zero-order valence-electron chi connectivity index (χ0n) is 11.2. The van der Waals surface area contributed by atoms with Crippen molar-refractivity contribution in [2.24, 2.45) is 0 Å². The van der Waals surface area contributed by atoms with Crippen molar-refractivity contribution in [3.63, 3.8) is 0 Å². The van der Waals surface area contributed by atoms with Gasteiger partial charge in [-0.1, -0.05) is 31.2 Å². The van der Waals surface area contributed by atoms with Crippen LogP contribution >= 0.6 is 0 Å². The van der Waals surface area contributed by atoms with Crippen molar-refractivity contribution in [3.05, 3.63) is 53.6 Å². The zero-order valence-corrected chi connectivity index (χ0v) is 11.2. The normalized spacial score (nSPS) is 10.8. The van der Waals surface area contributed by atoms with Gasteiger partial charge in [0.2, 0.25) is 0 Å². The van der Waals surface area contributed by atoms with Gasteiger partial charge in [0, 0.05) is 25.7 Å². The van der Waals surface area contributed by atoms with Crippen LogP contribution in [-0.4, -0.2) is 23.1 Å². The molecular weight excluding hydrogens is 222 g/mol. The molecule has 18 heavy (non-hydrogen) atoms. The molecule has 0 unspecified atom stereocenters. The van der Waals surface area contributed by atoms with Crippen LogP contribution in [0.15, 0.2) is 36.8 Å². The van der Waals surface area contributed by atoms with Crippen molar-refractivity contribution in [1.82, 2.24) is 14.9 Å². The van der Waals surface area contributed by atoms with Gasteiger partial charge >= 0.3 is 0 Å². The summed E-state index contributed by atoms with van der Waals surface area (Å²) in [6.45, 7) is 4.05. The SMILES string of the molecule is CCc1ccc(Cn2cnc(CCNC)c2)cc1. The summed E-state index contributed by atoms with van der Waals surface area (Å²) in [4.78, 5) is 4.41. The van der Waals surface area contributed by atoms with Gasteiger partial charge in [-0.2, -0.15) is 0 Å². The molecule has 0 bridgehead atoms. The van der Waals surface area contributed by atoms with Gasteiger partial charge in [0.05, 0.1) is 12.0 Å². The summed E-state index contributed by atoms with van der Waals surface area (Å²) in [5, 5.41) is 3.14. The maximum Gasteiger partial charge on any atom is 0.0952 e. The van der Waals surface area contributed by atoms with Crippen LogP contribution in [-0.2, 0) is 19.4 Å². The molecular formula is C15H21N3. The fourth-order valence-corrected chi connectivity index (χ4v) is 1.97. The lowest BCUT2D eigenvalue weighted by atomic mass is 10.1. The fourth-order valence-electron chi connectivity index (χ4n) is 1.97. The van der Waals surface area contributed by atoms with Crippen molar-refractivity contribution in [1.29, 1.82) is 0 Å². The first kappa shape index (κ1) is 12.8. The molecule has 0 spiro atoms. The highest BCUT2D eigenvalue weighted by atomic mass is 15.0. The first-order valence-corrected chi connectivity index (χ1v) is 6.55. The highest BCUT2D eigenvalue weighted by molar-refractivity contribution is 5.22. The minimum absolute atomic E-state index is 0.899. The highest BCUT2D eigenvalue weighted by Crippen LogP contribution is 2.07. The second kappa shape index (κ2) is 6.36. The number of benzene rings is 1. The number of hydrogen-bond donors (Lipinski definition) is 1. The Morgan fingerprint density at radius 1 is 1.17 bits per heavy atom. The van der Waals surface area contributed by atoms with E-state index in [0.29, 0.717) is 0 Å². The van der Waals surface area contributed by atoms with Crippen LogP contribution in [0.25, 0.3) is 0 Å². The van der Waals surface area contributed by atoms with Gasteiger partial charge < -0.3 is 9.88 Å². The summed E-state index contributed by atoms with van der Waals surface area (Å²) in [7, 11) is 1.96. The maximum atomic E-state index is 4.41. The third-order valence-corrected chi connectivity index (χ3v) is 3.11. The average Bonchev–Trinajstić information content (AvgIpc) is 2.85. The number of aromatic nitrogens is 2. The Bertz CT molecular complexity index is 471. The Kier molecular flexibility index (Phi) is 4.53. The van der Waals surface area contributed by atoms with E-state index < -0.39 is 0 Å². The molecule has 0 aliphatic rings. The quantitative estimate of drug-likeness (QED) is 0.843. The van der Waals surface area contributed by atoms with Crippen molar-refractivity contribution >= 4 is 0 Å². The van der Waals surface area contributed by atoms with E-state index in [9.17, 15) is 0 Å². The van der Waals surface area contributed by atoms with E-state index in [0.717, 1.165) is 31.6 Å². The smallest absolute Gasteiger partial charge is 0.0952 e. The average molecular weight is 243 g/mol. The van der Waals surface area contributed by atoms with Gasteiger partial charge in [-0.25, -0.2) is 4.98 Å². The molecule has 1 aromatic carbocycles. The summed E-state index contributed by atoms with van der Waals surface area (Å²) in [5.41, 5.74) is 3.86. The predicted octanol–water partition coefficient (Wildman–Crippen LogP) is 2.26. The van der Waals surface area contributed by atoms with Crippen LogP contribution in [0.3, 0.4) is 0 Å². The third kappa shape index (κ3) is 3.44. The molecule has 0 saturated carbocycles. The van der Waals surface area contributed by atoms with Crippen molar-refractivity contribution in [2.45, 2.75) is 26.3 Å². The number of hydrogen-bond acceptors (Lipinski definition) is 2. The molecule has 0 aliphatic carbocycles. The Balaban J connectivity index is 1.97. The molecule has 1 heterocycles. The lowest BCUT2D eigenvalue weighted by molar-refractivity contribution is 0.773. The molecule has 0 atom stereocenters. The van der Waals surface area contributed by atoms with Crippen LogP contribution < -0.4 is 5.32 Å². The van der Waals surface area contributed by atoms with E-state index in [1.807, 2.05) is 13.4 Å². The minimum Gasteiger partial charge on any atom is -0.333 e. The number of nitrogens with zero attached hydrogens (tertiary/aromatic N) is 2. The molecule has 0 radical (unpaired) electrons. The van der Waals surface area contributed by atoms with E-state index in [1.54, 1.807) is 0 Å². The van der Waals surface area contributed by atoms with Gasteiger partial charge in [0.25, 0.3) is 0 Å². The van der Waals surface area contributed by atoms with Crippen LogP contribution in [0.1, 0.15) is 23.7 Å². The molecule has 0 amide bonds. The van der Waals surface area contributed by atoms with E-state index in [-0.39, 0.29) is 0 Å². The Hall–Kier alpha value is -1.61. The van der Waals surface area contributed by atoms with Crippen molar-refractivity contribution in [3.8, 4) is 0 Å². The lowest BCUT2D eigenvalue weighted by Gasteiger charge is -2.03. The maximum absolute atomic E-state index is 4.41. The minimum atomic E-state index is 0.899. The molecule has 1 N–H and O–H groups in total. The topological polar surface area (TPSA) is 29.9 Å². The number of nitrogens with one attached hydrogen (secondary N) is 1. The second-order valence-corrected chi connectivity index (χ2v) is 4.56. The third-order valence-electron chi connectivity index (χ3n) is 3.11. The van der Waals surface area contributed by atoms with Gasteiger partial charge in [-0.3, -0.25) is 0 Å². The monoisotopic (exact) mass is 243 g/mol. The van der Waals surface area contributed by atoms with Crippen LogP contribution in [0.4, 0.5) is 0 Å². The van der Waals surface area contributed by atoms with Crippen LogP contribution in [0.2, 0.25) is 0 Å². The number of likely N-dealkylation sites (N-methyl/N-ethyl adjacent to an activating group) is 1. The fraction of sp³-hybridized carbons (Fsp3) is 0.400. The summed E-state index contributed by atoms with van der Waals surface area (Å²) in [5.74, 6) is 0. The van der Waals surface area contributed by atoms with Crippen LogP contribution in [0.5, 0.6) is 0 Å². The van der Waals surface area contributed by atoms with Crippen molar-refractivity contribution in [2.75, 3.05) is 13.6 Å². The van der Waals surface area contributed by atoms with E-state index in [1.165, 1.54) is 11.1 Å². The summed E-state index contributed by atoms with van der Waals surface area (Å²) < 4.78 is 2.14. The predicted molar refractivity (Wildman–Crippen MR) is 74.8 cm³/mol. The highest BCUT2D eigenvalue weighted by Gasteiger charge is 1.99. The largest absolute Gasteiger partial charge is 0.333 e. The molecule has 0 fully saturated rings. The Morgan fingerprint density at radius 3 is 2.56 bits per heavy atom. The second-order valence-electron chi connectivity index (χ2n) is 4.56. The van der Waals surface area contributed by atoms with E-state index in [4.69, 9.17) is 0 Å². The molecule has 2 aromatic rings. The van der Waals surface area contributed by atoms with Crippen LogP contribution in [0, 0.1) is 0 Å². The summed E-state index contributed by atoms with van der Waals surface area (Å²) in [6.07, 6.45) is 6.13. The molecule has 96 valence electrons. The van der Waals surface area contributed by atoms with E-state index in [2.05, 4.69) is 52.3 Å². The summed E-state index contributed by atoms with van der Waals surface area (Å²) in [6, 6.07) is 8.81. The molecule has 3 nitrogen and oxygen atoms in total. The van der Waals surface area contributed by atoms with Gasteiger partial charge in [-0.15, -0.1) is 0 Å².